The summed E-state index contributed by atoms with van der Waals surface area (Å²) in [5.41, 5.74) is 1.78. The van der Waals surface area contributed by atoms with Crippen molar-refractivity contribution in [3.8, 4) is 11.5 Å². The predicted molar refractivity (Wildman–Crippen MR) is 125 cm³/mol. The molecule has 0 radical (unpaired) electrons. The van der Waals surface area contributed by atoms with Crippen LogP contribution in [0, 0.1) is 12.7 Å². The van der Waals surface area contributed by atoms with Gasteiger partial charge in [0.2, 0.25) is 0 Å². The highest BCUT2D eigenvalue weighted by Gasteiger charge is 2.26. The molecule has 3 aromatic carbocycles. The Kier molecular flexibility index (Phi) is 6.79. The molecule has 170 valence electrons. The van der Waals surface area contributed by atoms with Crippen LogP contribution in [-0.4, -0.2) is 31.6 Å². The van der Waals surface area contributed by atoms with Crippen molar-refractivity contribution >= 4 is 34.8 Å². The van der Waals surface area contributed by atoms with Gasteiger partial charge in [-0.2, -0.15) is 0 Å². The van der Waals surface area contributed by atoms with Crippen LogP contribution < -0.4 is 19.7 Å². The number of halogens is 2. The van der Waals surface area contributed by atoms with Crippen LogP contribution in [0.3, 0.4) is 0 Å². The summed E-state index contributed by atoms with van der Waals surface area (Å²) >= 11 is 5.99. The normalized spacial score (nSPS) is 12.7. The number of ether oxygens (including phenoxy) is 2. The van der Waals surface area contributed by atoms with Crippen molar-refractivity contribution in [2.45, 2.75) is 13.3 Å². The van der Waals surface area contributed by atoms with Crippen LogP contribution in [0.4, 0.5) is 15.8 Å². The topological polar surface area (TPSA) is 67.9 Å². The van der Waals surface area contributed by atoms with Gasteiger partial charge >= 0.3 is 0 Å². The number of carbonyl (C=O) groups is 2. The largest absolute Gasteiger partial charge is 0.494 e. The molecule has 0 aromatic heterocycles. The molecule has 8 heteroatoms. The van der Waals surface area contributed by atoms with Gasteiger partial charge in [0.15, 0.2) is 6.61 Å². The molecule has 0 spiro atoms. The number of hydrogen-bond donors (Lipinski definition) is 1. The number of aryl methyl sites for hydroxylation is 1. The van der Waals surface area contributed by atoms with Gasteiger partial charge in [-0.15, -0.1) is 0 Å². The van der Waals surface area contributed by atoms with Crippen LogP contribution in [0.5, 0.6) is 11.5 Å². The molecule has 0 saturated heterocycles. The predicted octanol–water partition coefficient (Wildman–Crippen LogP) is 5.23. The molecule has 0 fully saturated rings. The van der Waals surface area contributed by atoms with Gasteiger partial charge in [-0.1, -0.05) is 29.8 Å². The molecule has 1 N–H and O–H groups in total. The van der Waals surface area contributed by atoms with E-state index in [2.05, 4.69) is 5.32 Å². The van der Waals surface area contributed by atoms with E-state index in [1.165, 1.54) is 18.2 Å². The first-order chi connectivity index (χ1) is 15.9. The summed E-state index contributed by atoms with van der Waals surface area (Å²) in [4.78, 5) is 26.7. The zero-order chi connectivity index (χ0) is 23.4. The van der Waals surface area contributed by atoms with Crippen LogP contribution in [0.15, 0.2) is 60.7 Å². The molecule has 3 aromatic rings. The summed E-state index contributed by atoms with van der Waals surface area (Å²) in [6.45, 7) is 2.78. The van der Waals surface area contributed by atoms with E-state index >= 15 is 0 Å². The first-order valence-electron chi connectivity index (χ1n) is 10.4. The number of benzene rings is 3. The number of rotatable bonds is 7. The second kappa shape index (κ2) is 9.92. The van der Waals surface area contributed by atoms with Gasteiger partial charge < -0.3 is 19.7 Å². The molecule has 33 heavy (non-hydrogen) atoms. The minimum atomic E-state index is -0.716. The average Bonchev–Trinajstić information content (AvgIpc) is 2.78. The van der Waals surface area contributed by atoms with E-state index in [9.17, 15) is 14.0 Å². The summed E-state index contributed by atoms with van der Waals surface area (Å²) in [5, 5.41) is 2.65. The number of amides is 2. The fourth-order valence-corrected chi connectivity index (χ4v) is 3.80. The van der Waals surface area contributed by atoms with Crippen molar-refractivity contribution in [3.05, 3.63) is 82.6 Å². The Morgan fingerprint density at radius 1 is 1.18 bits per heavy atom. The molecule has 1 heterocycles. The standard InChI is InChI=1S/C25H22ClFN2O4/c1-16-5-2-6-18(13-16)32-12-4-11-29-21-14-17(9-10-22(21)33-15-23(29)30)28-25(31)24-19(26)7-3-8-20(24)27/h2-3,5-10,13-14H,4,11-12,15H2,1H3,(H,28,31). The van der Waals surface area contributed by atoms with Crippen molar-refractivity contribution in [1.82, 2.24) is 0 Å². The molecular formula is C25H22ClFN2O4. The quantitative estimate of drug-likeness (QED) is 0.482. The summed E-state index contributed by atoms with van der Waals surface area (Å²) in [6, 6.07) is 16.7. The summed E-state index contributed by atoms with van der Waals surface area (Å²) in [6.07, 6.45) is 0.598. The van der Waals surface area contributed by atoms with Crippen LogP contribution in [0.1, 0.15) is 22.3 Å². The lowest BCUT2D eigenvalue weighted by Gasteiger charge is -2.30. The van der Waals surface area contributed by atoms with Crippen molar-refractivity contribution in [3.63, 3.8) is 0 Å². The van der Waals surface area contributed by atoms with E-state index in [4.69, 9.17) is 21.1 Å². The van der Waals surface area contributed by atoms with Crippen LogP contribution in [0.25, 0.3) is 0 Å². The molecule has 4 rings (SSSR count). The van der Waals surface area contributed by atoms with E-state index in [0.717, 1.165) is 11.3 Å². The second-order valence-electron chi connectivity index (χ2n) is 7.59. The Labute approximate surface area is 195 Å². The van der Waals surface area contributed by atoms with Gasteiger partial charge in [0.25, 0.3) is 11.8 Å². The van der Waals surface area contributed by atoms with Gasteiger partial charge in [-0.25, -0.2) is 4.39 Å². The number of nitrogens with one attached hydrogen (secondary N) is 1. The monoisotopic (exact) mass is 468 g/mol. The maximum atomic E-state index is 14.1. The third-order valence-corrected chi connectivity index (χ3v) is 5.45. The fourth-order valence-electron chi connectivity index (χ4n) is 3.55. The SMILES string of the molecule is Cc1cccc(OCCCN2C(=O)COc3ccc(NC(=O)c4c(F)cccc4Cl)cc32)c1. The third-order valence-electron chi connectivity index (χ3n) is 5.13. The molecule has 2 amide bonds. The summed E-state index contributed by atoms with van der Waals surface area (Å²) < 4.78 is 25.4. The maximum absolute atomic E-state index is 14.1. The first kappa shape index (κ1) is 22.6. The van der Waals surface area contributed by atoms with E-state index in [0.29, 0.717) is 36.7 Å². The van der Waals surface area contributed by atoms with Crippen molar-refractivity contribution < 1.29 is 23.5 Å². The van der Waals surface area contributed by atoms with E-state index in [1.807, 2.05) is 31.2 Å². The molecule has 0 aliphatic carbocycles. The molecule has 1 aliphatic heterocycles. The lowest BCUT2D eigenvalue weighted by atomic mass is 10.1. The highest BCUT2D eigenvalue weighted by Crippen LogP contribution is 2.35. The minimum Gasteiger partial charge on any atom is -0.494 e. The van der Waals surface area contributed by atoms with Crippen molar-refractivity contribution in [1.29, 1.82) is 0 Å². The Morgan fingerprint density at radius 2 is 2.00 bits per heavy atom. The molecule has 6 nitrogen and oxygen atoms in total. The van der Waals surface area contributed by atoms with E-state index in [1.54, 1.807) is 23.1 Å². The van der Waals surface area contributed by atoms with Crippen LogP contribution >= 0.6 is 11.6 Å². The number of fused-ring (bicyclic) bond motifs is 1. The lowest BCUT2D eigenvalue weighted by Crippen LogP contribution is -2.39. The number of carbonyl (C=O) groups excluding carboxylic acids is 2. The first-order valence-corrected chi connectivity index (χ1v) is 10.8. The second-order valence-corrected chi connectivity index (χ2v) is 7.99. The molecule has 0 bridgehead atoms. The van der Waals surface area contributed by atoms with Crippen LogP contribution in [-0.2, 0) is 4.79 Å². The van der Waals surface area contributed by atoms with Gasteiger partial charge in [0, 0.05) is 12.2 Å². The summed E-state index contributed by atoms with van der Waals surface area (Å²) in [7, 11) is 0. The molecule has 0 unspecified atom stereocenters. The number of nitrogens with zero attached hydrogens (tertiary/aromatic N) is 1. The fraction of sp³-hybridized carbons (Fsp3) is 0.200. The molecular weight excluding hydrogens is 447 g/mol. The third kappa shape index (κ3) is 5.26. The average molecular weight is 469 g/mol. The van der Waals surface area contributed by atoms with Gasteiger partial charge in [0.1, 0.15) is 17.3 Å². The molecule has 0 saturated carbocycles. The van der Waals surface area contributed by atoms with Gasteiger partial charge in [0.05, 0.1) is 22.9 Å². The molecule has 0 atom stereocenters. The van der Waals surface area contributed by atoms with E-state index in [-0.39, 0.29) is 23.1 Å². The highest BCUT2D eigenvalue weighted by atomic mass is 35.5. The van der Waals surface area contributed by atoms with Crippen molar-refractivity contribution in [2.75, 3.05) is 30.0 Å². The Bertz CT molecular complexity index is 1180. The lowest BCUT2D eigenvalue weighted by molar-refractivity contribution is -0.121. The minimum absolute atomic E-state index is 0.0132. The van der Waals surface area contributed by atoms with Crippen molar-refractivity contribution in [2.24, 2.45) is 0 Å². The molecule has 1 aliphatic rings. The Balaban J connectivity index is 1.45. The Hall–Kier alpha value is -3.58. The highest BCUT2D eigenvalue weighted by molar-refractivity contribution is 6.34. The zero-order valence-electron chi connectivity index (χ0n) is 17.9. The zero-order valence-corrected chi connectivity index (χ0v) is 18.7. The maximum Gasteiger partial charge on any atom is 0.265 e. The summed E-state index contributed by atoms with van der Waals surface area (Å²) in [5.74, 6) is -0.291. The Morgan fingerprint density at radius 3 is 2.79 bits per heavy atom. The van der Waals surface area contributed by atoms with Gasteiger partial charge in [-0.3, -0.25) is 9.59 Å². The smallest absolute Gasteiger partial charge is 0.265 e. The number of anilines is 2. The van der Waals surface area contributed by atoms with Crippen LogP contribution in [0.2, 0.25) is 5.02 Å². The van der Waals surface area contributed by atoms with E-state index < -0.39 is 11.7 Å². The van der Waals surface area contributed by atoms with Gasteiger partial charge in [-0.05, 0) is 61.4 Å². The number of hydrogen-bond acceptors (Lipinski definition) is 4.